The van der Waals surface area contributed by atoms with E-state index >= 15 is 0 Å². The highest BCUT2D eigenvalue weighted by Gasteiger charge is 2.22. The molecule has 1 aromatic rings. The summed E-state index contributed by atoms with van der Waals surface area (Å²) in [5.74, 6) is 0.227. The van der Waals surface area contributed by atoms with Gasteiger partial charge in [-0.05, 0) is 37.3 Å². The van der Waals surface area contributed by atoms with Crippen molar-refractivity contribution in [1.82, 2.24) is 10.6 Å². The maximum atomic E-state index is 12.0. The van der Waals surface area contributed by atoms with E-state index in [1.807, 2.05) is 25.1 Å². The molecule has 2 N–H and O–H groups in total. The second-order valence-corrected chi connectivity index (χ2v) is 5.93. The third-order valence-corrected chi connectivity index (χ3v) is 4.26. The molecule has 0 saturated heterocycles. The molecule has 21 heavy (non-hydrogen) atoms. The van der Waals surface area contributed by atoms with Gasteiger partial charge in [-0.2, -0.15) is 0 Å². The van der Waals surface area contributed by atoms with Crippen molar-refractivity contribution in [3.05, 3.63) is 35.4 Å². The third-order valence-electron chi connectivity index (χ3n) is 4.26. The molecule has 0 radical (unpaired) electrons. The number of carbonyl (C=O) groups is 2. The van der Waals surface area contributed by atoms with Gasteiger partial charge in [-0.1, -0.05) is 38.0 Å². The predicted molar refractivity (Wildman–Crippen MR) is 83.1 cm³/mol. The normalized spacial score (nSPS) is 21.6. The monoisotopic (exact) mass is 288 g/mol. The van der Waals surface area contributed by atoms with Gasteiger partial charge in [-0.3, -0.25) is 9.59 Å². The largest absolute Gasteiger partial charge is 0.352 e. The van der Waals surface area contributed by atoms with Crippen LogP contribution in [0.1, 0.15) is 48.5 Å². The SMILES string of the molecule is Cc1ccccc1C(=O)NCC(=O)N[C@H]1CCCC[C@@H]1C. The first kappa shape index (κ1) is 15.5. The first-order chi connectivity index (χ1) is 10.1. The number of hydrogen-bond donors (Lipinski definition) is 2. The van der Waals surface area contributed by atoms with Crippen molar-refractivity contribution in [3.63, 3.8) is 0 Å². The Morgan fingerprint density at radius 3 is 2.62 bits per heavy atom. The molecule has 114 valence electrons. The molecule has 1 fully saturated rings. The molecule has 0 bridgehead atoms. The molecule has 0 unspecified atom stereocenters. The number of aryl methyl sites for hydroxylation is 1. The third kappa shape index (κ3) is 4.31. The summed E-state index contributed by atoms with van der Waals surface area (Å²) < 4.78 is 0. The lowest BCUT2D eigenvalue weighted by molar-refractivity contribution is -0.121. The number of amides is 2. The minimum Gasteiger partial charge on any atom is -0.352 e. The van der Waals surface area contributed by atoms with E-state index in [1.54, 1.807) is 6.07 Å². The first-order valence-corrected chi connectivity index (χ1v) is 7.71. The van der Waals surface area contributed by atoms with Crippen LogP contribution in [0.3, 0.4) is 0 Å². The number of rotatable bonds is 4. The second-order valence-electron chi connectivity index (χ2n) is 5.93. The average Bonchev–Trinajstić information content (AvgIpc) is 2.48. The van der Waals surface area contributed by atoms with E-state index in [2.05, 4.69) is 17.6 Å². The standard InChI is InChI=1S/C17H24N2O2/c1-12-7-3-5-9-14(12)17(21)18-11-16(20)19-15-10-6-4-8-13(15)2/h3,5,7,9,13,15H,4,6,8,10-11H2,1-2H3,(H,18,21)(H,19,20)/t13-,15-/m0/s1. The smallest absolute Gasteiger partial charge is 0.251 e. The molecule has 1 saturated carbocycles. The van der Waals surface area contributed by atoms with Crippen molar-refractivity contribution in [2.45, 2.75) is 45.6 Å². The van der Waals surface area contributed by atoms with E-state index in [0.29, 0.717) is 11.5 Å². The average molecular weight is 288 g/mol. The van der Waals surface area contributed by atoms with Crippen LogP contribution >= 0.6 is 0 Å². The number of hydrogen-bond acceptors (Lipinski definition) is 2. The lowest BCUT2D eigenvalue weighted by Gasteiger charge is -2.29. The molecular weight excluding hydrogens is 264 g/mol. The molecule has 1 aliphatic carbocycles. The molecule has 0 aromatic heterocycles. The Morgan fingerprint density at radius 2 is 1.90 bits per heavy atom. The van der Waals surface area contributed by atoms with Gasteiger partial charge in [0.25, 0.3) is 5.91 Å². The van der Waals surface area contributed by atoms with Gasteiger partial charge in [0, 0.05) is 11.6 Å². The van der Waals surface area contributed by atoms with Gasteiger partial charge < -0.3 is 10.6 Å². The minimum atomic E-state index is -0.194. The van der Waals surface area contributed by atoms with Crippen LogP contribution in [0.2, 0.25) is 0 Å². The molecule has 1 aromatic carbocycles. The van der Waals surface area contributed by atoms with Crippen LogP contribution in [0.5, 0.6) is 0 Å². The minimum absolute atomic E-state index is 0.0381. The fourth-order valence-corrected chi connectivity index (χ4v) is 2.87. The number of nitrogens with one attached hydrogen (secondary N) is 2. The Hall–Kier alpha value is -1.84. The van der Waals surface area contributed by atoms with E-state index in [9.17, 15) is 9.59 Å². The summed E-state index contributed by atoms with van der Waals surface area (Å²) in [6.45, 7) is 4.10. The Kier molecular flexibility index (Phi) is 5.37. The fraction of sp³-hybridized carbons (Fsp3) is 0.529. The predicted octanol–water partition coefficient (Wildman–Crippen LogP) is 2.42. The Balaban J connectivity index is 1.81. The maximum absolute atomic E-state index is 12.0. The van der Waals surface area contributed by atoms with Crippen LogP contribution in [-0.4, -0.2) is 24.4 Å². The van der Waals surface area contributed by atoms with Crippen molar-refractivity contribution in [2.24, 2.45) is 5.92 Å². The molecule has 1 aliphatic rings. The summed E-state index contributed by atoms with van der Waals surface area (Å²) in [6.07, 6.45) is 4.63. The van der Waals surface area contributed by atoms with Crippen LogP contribution in [-0.2, 0) is 4.79 Å². The molecule has 2 amide bonds. The van der Waals surface area contributed by atoms with Crippen LogP contribution in [0.25, 0.3) is 0 Å². The van der Waals surface area contributed by atoms with Gasteiger partial charge in [0.1, 0.15) is 0 Å². The van der Waals surface area contributed by atoms with Crippen LogP contribution in [0.4, 0.5) is 0 Å². The zero-order valence-corrected chi connectivity index (χ0v) is 12.8. The van der Waals surface area contributed by atoms with Crippen molar-refractivity contribution in [1.29, 1.82) is 0 Å². The van der Waals surface area contributed by atoms with Gasteiger partial charge in [0.05, 0.1) is 6.54 Å². The summed E-state index contributed by atoms with van der Waals surface area (Å²) in [7, 11) is 0. The Labute approximate surface area is 126 Å². The summed E-state index contributed by atoms with van der Waals surface area (Å²) in [5.41, 5.74) is 1.53. The quantitative estimate of drug-likeness (QED) is 0.894. The fourth-order valence-electron chi connectivity index (χ4n) is 2.87. The summed E-state index contributed by atoms with van der Waals surface area (Å²) in [4.78, 5) is 24.0. The van der Waals surface area contributed by atoms with Crippen molar-refractivity contribution < 1.29 is 9.59 Å². The molecule has 2 rings (SSSR count). The van der Waals surface area contributed by atoms with E-state index < -0.39 is 0 Å². The molecule has 4 nitrogen and oxygen atoms in total. The lowest BCUT2D eigenvalue weighted by atomic mass is 9.86. The molecule has 0 spiro atoms. The van der Waals surface area contributed by atoms with Crippen molar-refractivity contribution in [2.75, 3.05) is 6.54 Å². The van der Waals surface area contributed by atoms with Crippen LogP contribution < -0.4 is 10.6 Å². The van der Waals surface area contributed by atoms with E-state index in [1.165, 1.54) is 19.3 Å². The summed E-state index contributed by atoms with van der Waals surface area (Å²) in [5, 5.41) is 5.73. The van der Waals surface area contributed by atoms with Crippen LogP contribution in [0, 0.1) is 12.8 Å². The molecule has 0 aliphatic heterocycles. The zero-order chi connectivity index (χ0) is 15.2. The van der Waals surface area contributed by atoms with E-state index in [-0.39, 0.29) is 24.4 Å². The highest BCUT2D eigenvalue weighted by atomic mass is 16.2. The van der Waals surface area contributed by atoms with Gasteiger partial charge in [0.15, 0.2) is 0 Å². The van der Waals surface area contributed by atoms with E-state index in [0.717, 1.165) is 12.0 Å². The van der Waals surface area contributed by atoms with Gasteiger partial charge in [-0.15, -0.1) is 0 Å². The lowest BCUT2D eigenvalue weighted by Crippen LogP contribution is -2.45. The van der Waals surface area contributed by atoms with Crippen LogP contribution in [0.15, 0.2) is 24.3 Å². The number of carbonyl (C=O) groups excluding carboxylic acids is 2. The summed E-state index contributed by atoms with van der Waals surface area (Å²) in [6, 6.07) is 7.63. The molecule has 4 heteroatoms. The van der Waals surface area contributed by atoms with Crippen molar-refractivity contribution in [3.8, 4) is 0 Å². The molecule has 0 heterocycles. The maximum Gasteiger partial charge on any atom is 0.251 e. The summed E-state index contributed by atoms with van der Waals surface area (Å²) >= 11 is 0. The second kappa shape index (κ2) is 7.25. The molecular formula is C17H24N2O2. The van der Waals surface area contributed by atoms with Crippen molar-refractivity contribution >= 4 is 11.8 Å². The molecule has 2 atom stereocenters. The van der Waals surface area contributed by atoms with Gasteiger partial charge in [0.2, 0.25) is 5.91 Å². The van der Waals surface area contributed by atoms with E-state index in [4.69, 9.17) is 0 Å². The highest BCUT2D eigenvalue weighted by molar-refractivity contribution is 5.97. The van der Waals surface area contributed by atoms with Gasteiger partial charge >= 0.3 is 0 Å². The van der Waals surface area contributed by atoms with Gasteiger partial charge in [-0.25, -0.2) is 0 Å². The Morgan fingerprint density at radius 1 is 1.19 bits per heavy atom. The topological polar surface area (TPSA) is 58.2 Å². The highest BCUT2D eigenvalue weighted by Crippen LogP contribution is 2.23. The number of benzene rings is 1. The zero-order valence-electron chi connectivity index (χ0n) is 12.8. The first-order valence-electron chi connectivity index (χ1n) is 7.71. The Bertz CT molecular complexity index is 513.